The number of hydrogen-bond acceptors (Lipinski definition) is 4. The molecule has 1 saturated carbocycles. The van der Waals surface area contributed by atoms with Gasteiger partial charge in [-0.1, -0.05) is 88.0 Å². The molecule has 208 valence electrons. The molecule has 2 aromatic rings. The van der Waals surface area contributed by atoms with Gasteiger partial charge in [-0.05, 0) is 48.4 Å². The number of nitrogens with zero attached hydrogens (tertiary/aromatic N) is 2. The fourth-order valence-electron chi connectivity index (χ4n) is 5.07. The monoisotopic (exact) mass is 561 g/mol. The highest BCUT2D eigenvalue weighted by molar-refractivity contribution is 7.92. The van der Waals surface area contributed by atoms with Gasteiger partial charge in [0, 0.05) is 17.6 Å². The Labute approximate surface area is 232 Å². The molecule has 1 fully saturated rings. The van der Waals surface area contributed by atoms with E-state index in [1.807, 2.05) is 45.0 Å². The van der Waals surface area contributed by atoms with Crippen molar-refractivity contribution in [1.29, 1.82) is 0 Å². The first-order valence-corrected chi connectivity index (χ1v) is 15.6. The predicted octanol–water partition coefficient (Wildman–Crippen LogP) is 5.49. The van der Waals surface area contributed by atoms with Crippen molar-refractivity contribution in [3.63, 3.8) is 0 Å². The van der Waals surface area contributed by atoms with Crippen LogP contribution in [0.4, 0.5) is 5.69 Å². The van der Waals surface area contributed by atoms with Gasteiger partial charge in [0.25, 0.3) is 0 Å². The zero-order valence-electron chi connectivity index (χ0n) is 22.8. The molecule has 38 heavy (non-hydrogen) atoms. The van der Waals surface area contributed by atoms with Crippen molar-refractivity contribution < 1.29 is 18.0 Å². The van der Waals surface area contributed by atoms with Crippen LogP contribution in [-0.2, 0) is 26.2 Å². The molecule has 7 nitrogen and oxygen atoms in total. The average molecular weight is 562 g/mol. The van der Waals surface area contributed by atoms with E-state index >= 15 is 0 Å². The summed E-state index contributed by atoms with van der Waals surface area (Å²) in [5, 5.41) is 3.63. The third-order valence-electron chi connectivity index (χ3n) is 7.14. The summed E-state index contributed by atoms with van der Waals surface area (Å²) in [5.41, 5.74) is 1.99. The van der Waals surface area contributed by atoms with Crippen LogP contribution in [0.5, 0.6) is 0 Å². The summed E-state index contributed by atoms with van der Waals surface area (Å²) < 4.78 is 27.1. The van der Waals surface area contributed by atoms with Crippen LogP contribution in [0.1, 0.15) is 76.3 Å². The zero-order chi connectivity index (χ0) is 27.9. The summed E-state index contributed by atoms with van der Waals surface area (Å²) in [5.74, 6) is -0.623. The maximum absolute atomic E-state index is 14.0. The van der Waals surface area contributed by atoms with Gasteiger partial charge < -0.3 is 10.2 Å². The molecule has 1 N–H and O–H groups in total. The normalized spacial score (nSPS) is 15.2. The van der Waals surface area contributed by atoms with Crippen LogP contribution in [0.15, 0.2) is 48.5 Å². The minimum absolute atomic E-state index is 0.0504. The maximum atomic E-state index is 14.0. The molecule has 0 saturated heterocycles. The van der Waals surface area contributed by atoms with Gasteiger partial charge >= 0.3 is 0 Å². The Hall–Kier alpha value is -2.58. The van der Waals surface area contributed by atoms with Crippen LogP contribution >= 0.6 is 11.6 Å². The van der Waals surface area contributed by atoms with Crippen molar-refractivity contribution >= 4 is 39.1 Å². The van der Waals surface area contributed by atoms with Crippen molar-refractivity contribution in [2.75, 3.05) is 17.1 Å². The molecule has 0 bridgehead atoms. The van der Waals surface area contributed by atoms with Crippen molar-refractivity contribution in [2.24, 2.45) is 0 Å². The Bertz CT molecular complexity index is 1210. The standard InChI is InChI=1S/C29H40ClN3O4S/c1-5-26(29(35)31-23-14-7-6-8-15-23)32(19-22-13-9-11-17-25(22)30)28(34)20-33(38(4,36)37)27-18-12-10-16-24(27)21(2)3/h9-13,16-18,21,23,26H,5-8,14-15,19-20H2,1-4H3,(H,31,35)/t26-/m0/s1. The molecular formula is C29H40ClN3O4S. The van der Waals surface area contributed by atoms with Gasteiger partial charge in [0.05, 0.1) is 11.9 Å². The van der Waals surface area contributed by atoms with Gasteiger partial charge in [-0.15, -0.1) is 0 Å². The van der Waals surface area contributed by atoms with Gasteiger partial charge in [0.2, 0.25) is 21.8 Å². The van der Waals surface area contributed by atoms with Gasteiger partial charge in [-0.2, -0.15) is 0 Å². The summed E-state index contributed by atoms with van der Waals surface area (Å²) in [6.07, 6.45) is 6.65. The number of rotatable bonds is 11. The van der Waals surface area contributed by atoms with Crippen LogP contribution in [0.25, 0.3) is 0 Å². The van der Waals surface area contributed by atoms with E-state index in [1.54, 1.807) is 24.3 Å². The summed E-state index contributed by atoms with van der Waals surface area (Å²) >= 11 is 6.44. The number of amides is 2. The van der Waals surface area contributed by atoms with Crippen molar-refractivity contribution in [2.45, 2.75) is 83.8 Å². The number of hydrogen-bond donors (Lipinski definition) is 1. The average Bonchev–Trinajstić information content (AvgIpc) is 2.88. The highest BCUT2D eigenvalue weighted by Crippen LogP contribution is 2.29. The molecule has 9 heteroatoms. The molecule has 0 spiro atoms. The van der Waals surface area contributed by atoms with E-state index in [4.69, 9.17) is 11.6 Å². The number of sulfonamides is 1. The van der Waals surface area contributed by atoms with Gasteiger partial charge in [0.1, 0.15) is 12.6 Å². The van der Waals surface area contributed by atoms with Crippen LogP contribution in [0.2, 0.25) is 5.02 Å². The van der Waals surface area contributed by atoms with Crippen molar-refractivity contribution in [3.05, 3.63) is 64.7 Å². The first-order chi connectivity index (χ1) is 18.0. The molecule has 0 aliphatic heterocycles. The molecule has 3 rings (SSSR count). The fourth-order valence-corrected chi connectivity index (χ4v) is 6.14. The molecule has 1 aliphatic rings. The van der Waals surface area contributed by atoms with E-state index in [-0.39, 0.29) is 24.4 Å². The molecule has 2 amide bonds. The minimum Gasteiger partial charge on any atom is -0.352 e. The number of nitrogens with one attached hydrogen (secondary N) is 1. The first kappa shape index (κ1) is 30.0. The number of halogens is 1. The van der Waals surface area contributed by atoms with Crippen LogP contribution < -0.4 is 9.62 Å². The predicted molar refractivity (Wildman–Crippen MR) is 154 cm³/mol. The lowest BCUT2D eigenvalue weighted by atomic mass is 9.95. The largest absolute Gasteiger partial charge is 0.352 e. The quantitative estimate of drug-likeness (QED) is 0.393. The second-order valence-corrected chi connectivity index (χ2v) is 12.7. The van der Waals surface area contributed by atoms with E-state index in [9.17, 15) is 18.0 Å². The molecule has 0 radical (unpaired) electrons. The molecule has 1 atom stereocenters. The molecule has 0 aromatic heterocycles. The van der Waals surface area contributed by atoms with Gasteiger partial charge in [-0.25, -0.2) is 8.42 Å². The Morgan fingerprint density at radius 2 is 1.66 bits per heavy atom. The number of anilines is 1. The molecular weight excluding hydrogens is 522 g/mol. The second-order valence-electron chi connectivity index (χ2n) is 10.4. The van der Waals surface area contributed by atoms with Crippen LogP contribution in [0.3, 0.4) is 0 Å². The third kappa shape index (κ3) is 7.73. The highest BCUT2D eigenvalue weighted by Gasteiger charge is 2.33. The number of benzene rings is 2. The number of carbonyl (C=O) groups excluding carboxylic acids is 2. The van der Waals surface area contributed by atoms with E-state index in [1.165, 1.54) is 11.3 Å². The van der Waals surface area contributed by atoms with E-state index < -0.39 is 28.5 Å². The topological polar surface area (TPSA) is 86.8 Å². The molecule has 0 unspecified atom stereocenters. The minimum atomic E-state index is -3.80. The van der Waals surface area contributed by atoms with E-state index in [0.29, 0.717) is 22.7 Å². The van der Waals surface area contributed by atoms with Gasteiger partial charge in [0.15, 0.2) is 0 Å². The lowest BCUT2D eigenvalue weighted by molar-refractivity contribution is -0.140. The molecule has 0 heterocycles. The lowest BCUT2D eigenvalue weighted by Crippen LogP contribution is -2.54. The molecule has 1 aliphatic carbocycles. The summed E-state index contributed by atoms with van der Waals surface area (Å²) in [6.45, 7) is 5.50. The Kier molecular flexibility index (Phi) is 10.6. The third-order valence-corrected chi connectivity index (χ3v) is 8.64. The van der Waals surface area contributed by atoms with E-state index in [0.717, 1.165) is 41.8 Å². The SMILES string of the molecule is CC[C@@H](C(=O)NC1CCCCC1)N(Cc1ccccc1Cl)C(=O)CN(c1ccccc1C(C)C)S(C)(=O)=O. The Balaban J connectivity index is 1.97. The first-order valence-electron chi connectivity index (χ1n) is 13.4. The number of carbonyl (C=O) groups is 2. The fraction of sp³-hybridized carbons (Fsp3) is 0.517. The highest BCUT2D eigenvalue weighted by atomic mass is 35.5. The summed E-state index contributed by atoms with van der Waals surface area (Å²) in [6, 6.07) is 13.7. The van der Waals surface area contributed by atoms with Gasteiger partial charge in [-0.3, -0.25) is 13.9 Å². The van der Waals surface area contributed by atoms with Crippen LogP contribution in [0, 0.1) is 0 Å². The Morgan fingerprint density at radius 3 is 2.26 bits per heavy atom. The second kappa shape index (κ2) is 13.5. The molecule has 2 aromatic carbocycles. The lowest BCUT2D eigenvalue weighted by Gasteiger charge is -2.34. The zero-order valence-corrected chi connectivity index (χ0v) is 24.4. The Morgan fingerprint density at radius 1 is 1.03 bits per heavy atom. The summed E-state index contributed by atoms with van der Waals surface area (Å²) in [4.78, 5) is 28.9. The summed E-state index contributed by atoms with van der Waals surface area (Å²) in [7, 11) is -3.80. The van der Waals surface area contributed by atoms with Crippen molar-refractivity contribution in [3.8, 4) is 0 Å². The van der Waals surface area contributed by atoms with Crippen LogP contribution in [-0.4, -0.2) is 50.0 Å². The maximum Gasteiger partial charge on any atom is 0.244 e. The number of para-hydroxylation sites is 1. The van der Waals surface area contributed by atoms with E-state index in [2.05, 4.69) is 5.32 Å². The van der Waals surface area contributed by atoms with Crippen molar-refractivity contribution in [1.82, 2.24) is 10.2 Å². The smallest absolute Gasteiger partial charge is 0.244 e.